The Bertz CT molecular complexity index is 1800. The molecule has 0 saturated heterocycles. The minimum atomic E-state index is -1.41. The number of aliphatic hydroxyl groups is 1. The molecular formula is C37H46N6O4S. The highest BCUT2D eigenvalue weighted by Gasteiger charge is 2.19. The number of carboxylic acid groups (broad SMARTS) is 1. The van der Waals surface area contributed by atoms with E-state index in [9.17, 15) is 4.79 Å². The van der Waals surface area contributed by atoms with Crippen molar-refractivity contribution in [1.29, 1.82) is 0 Å². The molecule has 48 heavy (non-hydrogen) atoms. The number of anilines is 2. The van der Waals surface area contributed by atoms with Crippen molar-refractivity contribution in [1.82, 2.24) is 19.7 Å². The van der Waals surface area contributed by atoms with Gasteiger partial charge in [-0.2, -0.15) is 5.10 Å². The van der Waals surface area contributed by atoms with Crippen LogP contribution in [0.4, 0.5) is 11.4 Å². The number of hydrogen-bond acceptors (Lipinski definition) is 6. The van der Waals surface area contributed by atoms with Gasteiger partial charge in [0.05, 0.1) is 18.5 Å². The molecule has 3 aromatic carbocycles. The Morgan fingerprint density at radius 3 is 2.40 bits per heavy atom. The topological polar surface area (TPSA) is 133 Å². The van der Waals surface area contributed by atoms with Crippen molar-refractivity contribution in [2.45, 2.75) is 52.7 Å². The maximum Gasteiger partial charge on any atom is 0.337 e. The fraction of sp³-hybridized carbons (Fsp3) is 0.324. The fourth-order valence-corrected chi connectivity index (χ4v) is 5.64. The van der Waals surface area contributed by atoms with E-state index in [2.05, 4.69) is 61.1 Å². The van der Waals surface area contributed by atoms with Crippen LogP contribution in [0.2, 0.25) is 0 Å². The van der Waals surface area contributed by atoms with Gasteiger partial charge in [-0.05, 0) is 107 Å². The zero-order valence-electron chi connectivity index (χ0n) is 28.3. The minimum Gasteiger partial charge on any atom is -0.492 e. The number of H-pyrrole nitrogens is 1. The zero-order chi connectivity index (χ0) is 34.8. The summed E-state index contributed by atoms with van der Waals surface area (Å²) in [5.41, 5.74) is 13.3. The molecule has 0 fully saturated rings. The lowest BCUT2D eigenvalue weighted by molar-refractivity contribution is -0.146. The van der Waals surface area contributed by atoms with Crippen molar-refractivity contribution in [3.8, 4) is 5.75 Å². The third-order valence-corrected chi connectivity index (χ3v) is 8.23. The minimum absolute atomic E-state index is 0.279. The lowest BCUT2D eigenvalue weighted by Crippen LogP contribution is -2.31. The molecule has 5 rings (SSSR count). The number of rotatable bonds is 13. The standard InChI is InChI=1S/C29H38N6OS.C8H8O3/c1-6-36-28-10-8-7-9-27(28)35(29(30)37)23-11-12-26-25(17-23)24(21(4)32-26)14-16-33(5)15-13-22-18-31-34(19-22)20(2)3;9-7(8(10)11)6-4-2-1-3-5-6/h7-12,17-20,32H,6,13-16H2,1-5H3,(H2,30,37);1-5,7,9H,(H,10,11). The molecule has 11 heteroatoms. The smallest absolute Gasteiger partial charge is 0.337 e. The molecule has 1 unspecified atom stereocenters. The summed E-state index contributed by atoms with van der Waals surface area (Å²) in [4.78, 5) is 18.1. The molecule has 0 aliphatic carbocycles. The van der Waals surface area contributed by atoms with Gasteiger partial charge >= 0.3 is 5.97 Å². The molecule has 5 aromatic rings. The molecule has 10 nitrogen and oxygen atoms in total. The molecule has 5 N–H and O–H groups in total. The molecule has 0 saturated carbocycles. The van der Waals surface area contributed by atoms with Crippen molar-refractivity contribution in [2.24, 2.45) is 5.73 Å². The van der Waals surface area contributed by atoms with E-state index < -0.39 is 12.1 Å². The Morgan fingerprint density at radius 2 is 1.75 bits per heavy atom. The number of likely N-dealkylation sites (N-methyl/N-ethyl adjacent to an activating group) is 1. The summed E-state index contributed by atoms with van der Waals surface area (Å²) in [5, 5.41) is 23.3. The molecule has 0 aliphatic heterocycles. The third kappa shape index (κ3) is 9.21. The summed E-state index contributed by atoms with van der Waals surface area (Å²) in [7, 11) is 2.18. The number of para-hydroxylation sites is 2. The van der Waals surface area contributed by atoms with Crippen LogP contribution >= 0.6 is 12.2 Å². The summed E-state index contributed by atoms with van der Waals surface area (Å²) in [6.07, 6.45) is 4.66. The predicted molar refractivity (Wildman–Crippen MR) is 196 cm³/mol. The van der Waals surface area contributed by atoms with Crippen LogP contribution in [0.25, 0.3) is 10.9 Å². The number of benzene rings is 3. The van der Waals surface area contributed by atoms with Crippen LogP contribution in [0, 0.1) is 6.92 Å². The van der Waals surface area contributed by atoms with Gasteiger partial charge in [-0.3, -0.25) is 9.58 Å². The molecule has 1 atom stereocenters. The molecule has 254 valence electrons. The fourth-order valence-electron chi connectivity index (χ4n) is 5.44. The second-order valence-electron chi connectivity index (χ2n) is 11.9. The van der Waals surface area contributed by atoms with Gasteiger partial charge in [0.2, 0.25) is 0 Å². The van der Waals surface area contributed by atoms with Gasteiger partial charge in [0.1, 0.15) is 5.75 Å². The Hall–Kier alpha value is -4.71. The molecule has 0 amide bonds. The van der Waals surface area contributed by atoms with Crippen molar-refractivity contribution >= 4 is 45.6 Å². The van der Waals surface area contributed by atoms with Gasteiger partial charge in [-0.15, -0.1) is 0 Å². The number of thiocarbonyl (C=S) groups is 1. The average Bonchev–Trinajstić information content (AvgIpc) is 3.68. The molecular weight excluding hydrogens is 625 g/mol. The number of hydrogen-bond donors (Lipinski definition) is 4. The van der Waals surface area contributed by atoms with E-state index >= 15 is 0 Å². The van der Waals surface area contributed by atoms with Gasteiger partial charge in [0.15, 0.2) is 11.2 Å². The number of carbonyl (C=O) groups is 1. The first-order chi connectivity index (χ1) is 23.0. The van der Waals surface area contributed by atoms with Gasteiger partial charge in [-0.25, -0.2) is 4.79 Å². The van der Waals surface area contributed by atoms with Crippen LogP contribution in [0.15, 0.2) is 85.2 Å². The van der Waals surface area contributed by atoms with E-state index in [4.69, 9.17) is 32.9 Å². The van der Waals surface area contributed by atoms with Crippen LogP contribution in [0.3, 0.4) is 0 Å². The van der Waals surface area contributed by atoms with Crippen molar-refractivity contribution < 1.29 is 19.7 Å². The van der Waals surface area contributed by atoms with Gasteiger partial charge in [0.25, 0.3) is 0 Å². The van der Waals surface area contributed by atoms with Crippen LogP contribution in [-0.4, -0.2) is 67.7 Å². The molecule has 0 aliphatic rings. The van der Waals surface area contributed by atoms with E-state index in [1.54, 1.807) is 30.3 Å². The number of aromatic amines is 1. The maximum absolute atomic E-state index is 10.2. The lowest BCUT2D eigenvalue weighted by Gasteiger charge is -2.25. The number of nitrogens with two attached hydrogens (primary N) is 1. The molecule has 2 aromatic heterocycles. The number of aliphatic carboxylic acids is 1. The Labute approximate surface area is 287 Å². The SMILES string of the molecule is CCOc1ccccc1N(C(N)=S)c1ccc2[nH]c(C)c(CCN(C)CCc3cnn(C(C)C)c3)c2c1.O=C(O)C(O)c1ccccc1. The predicted octanol–water partition coefficient (Wildman–Crippen LogP) is 6.56. The highest BCUT2D eigenvalue weighted by molar-refractivity contribution is 7.80. The number of aromatic nitrogens is 3. The lowest BCUT2D eigenvalue weighted by atomic mass is 10.1. The van der Waals surface area contributed by atoms with Crippen LogP contribution in [0.1, 0.15) is 55.3 Å². The number of carboxylic acids is 1. The van der Waals surface area contributed by atoms with E-state index in [0.717, 1.165) is 48.6 Å². The van der Waals surface area contributed by atoms with E-state index in [1.165, 1.54) is 22.2 Å². The second-order valence-corrected chi connectivity index (χ2v) is 12.3. The van der Waals surface area contributed by atoms with Crippen molar-refractivity contribution in [3.63, 3.8) is 0 Å². The maximum atomic E-state index is 10.2. The van der Waals surface area contributed by atoms with Gasteiger partial charge in [0, 0.05) is 47.6 Å². The molecule has 0 spiro atoms. The first kappa shape index (κ1) is 36.1. The first-order valence-electron chi connectivity index (χ1n) is 16.1. The number of ether oxygens (including phenoxy) is 1. The highest BCUT2D eigenvalue weighted by atomic mass is 32.1. The number of fused-ring (bicyclic) bond motifs is 1. The van der Waals surface area contributed by atoms with E-state index in [-0.39, 0.29) is 5.11 Å². The van der Waals surface area contributed by atoms with Crippen LogP contribution in [0.5, 0.6) is 5.75 Å². The van der Waals surface area contributed by atoms with Crippen LogP contribution in [-0.2, 0) is 17.6 Å². The summed E-state index contributed by atoms with van der Waals surface area (Å²) in [5.74, 6) is -0.472. The first-order valence-corrected chi connectivity index (χ1v) is 16.5. The van der Waals surface area contributed by atoms with Gasteiger partial charge < -0.3 is 30.6 Å². The summed E-state index contributed by atoms with van der Waals surface area (Å²) < 4.78 is 7.88. The summed E-state index contributed by atoms with van der Waals surface area (Å²) in [6.45, 7) is 10.9. The monoisotopic (exact) mass is 670 g/mol. The van der Waals surface area contributed by atoms with Crippen molar-refractivity contribution in [3.05, 3.63) is 108 Å². The Morgan fingerprint density at radius 1 is 1.06 bits per heavy atom. The molecule has 2 heterocycles. The zero-order valence-corrected chi connectivity index (χ0v) is 29.1. The number of nitrogens with zero attached hydrogens (tertiary/aromatic N) is 4. The normalized spacial score (nSPS) is 11.8. The Balaban J connectivity index is 0.000000401. The Kier molecular flexibility index (Phi) is 12.7. The number of nitrogens with one attached hydrogen (secondary N) is 1. The largest absolute Gasteiger partial charge is 0.492 e. The van der Waals surface area contributed by atoms with Gasteiger partial charge in [-0.1, -0.05) is 42.5 Å². The quantitative estimate of drug-likeness (QED) is 0.103. The second kappa shape index (κ2) is 16.9. The highest BCUT2D eigenvalue weighted by Crippen LogP contribution is 2.36. The molecule has 0 radical (unpaired) electrons. The molecule has 0 bridgehead atoms. The van der Waals surface area contributed by atoms with E-state index in [1.807, 2.05) is 53.0 Å². The number of aryl methyl sites for hydroxylation is 1. The van der Waals surface area contributed by atoms with Crippen molar-refractivity contribution in [2.75, 3.05) is 31.6 Å². The average molecular weight is 671 g/mol. The van der Waals surface area contributed by atoms with Crippen LogP contribution < -0.4 is 15.4 Å². The third-order valence-electron chi connectivity index (χ3n) is 8.05. The number of aliphatic hydroxyl groups excluding tert-OH is 1. The van der Waals surface area contributed by atoms with E-state index in [0.29, 0.717) is 18.2 Å². The summed E-state index contributed by atoms with van der Waals surface area (Å²) >= 11 is 5.48. The summed E-state index contributed by atoms with van der Waals surface area (Å²) in [6, 6.07) is 22.8.